The van der Waals surface area contributed by atoms with E-state index in [0.717, 1.165) is 36.1 Å². The third-order valence-electron chi connectivity index (χ3n) is 6.15. The lowest BCUT2D eigenvalue weighted by Gasteiger charge is -2.44. The fraction of sp³-hybridized carbons (Fsp3) is 0.571. The fourth-order valence-electron chi connectivity index (χ4n) is 4.44. The van der Waals surface area contributed by atoms with Gasteiger partial charge in [-0.3, -0.25) is 4.79 Å². The zero-order chi connectivity index (χ0) is 20.4. The van der Waals surface area contributed by atoms with Crippen molar-refractivity contribution in [3.05, 3.63) is 36.0 Å². The third-order valence-corrected chi connectivity index (χ3v) is 7.48. The molecule has 2 saturated heterocycles. The van der Waals surface area contributed by atoms with E-state index >= 15 is 0 Å². The van der Waals surface area contributed by atoms with Crippen molar-refractivity contribution in [2.24, 2.45) is 0 Å². The van der Waals surface area contributed by atoms with Gasteiger partial charge in [0.1, 0.15) is 0 Å². The van der Waals surface area contributed by atoms with E-state index in [0.29, 0.717) is 26.1 Å². The lowest BCUT2D eigenvalue weighted by atomic mass is 10.1. The van der Waals surface area contributed by atoms with Crippen molar-refractivity contribution >= 4 is 26.8 Å². The molecule has 4 rings (SSSR count). The summed E-state index contributed by atoms with van der Waals surface area (Å²) in [7, 11) is -3.29. The molecule has 0 saturated carbocycles. The molecule has 158 valence electrons. The van der Waals surface area contributed by atoms with Crippen molar-refractivity contribution in [1.29, 1.82) is 0 Å². The summed E-state index contributed by atoms with van der Waals surface area (Å²) >= 11 is 0. The highest BCUT2D eigenvalue weighted by atomic mass is 32.2. The molecule has 0 radical (unpaired) electrons. The monoisotopic (exact) mass is 418 g/mol. The Hall–Kier alpha value is -1.90. The molecule has 8 heteroatoms. The topological polar surface area (TPSA) is 76.7 Å². The molecule has 1 aromatic heterocycles. The molecule has 0 atom stereocenters. The van der Waals surface area contributed by atoms with Crippen molar-refractivity contribution in [2.75, 3.05) is 45.5 Å². The zero-order valence-corrected chi connectivity index (χ0v) is 17.8. The number of sulfonamides is 1. The van der Waals surface area contributed by atoms with Crippen LogP contribution in [0.2, 0.25) is 0 Å². The van der Waals surface area contributed by atoms with E-state index in [1.807, 2.05) is 30.5 Å². The first-order chi connectivity index (χ1) is 13.9. The van der Waals surface area contributed by atoms with Crippen molar-refractivity contribution in [3.63, 3.8) is 0 Å². The molecule has 29 heavy (non-hydrogen) atoms. The van der Waals surface area contributed by atoms with Crippen LogP contribution in [0.5, 0.6) is 0 Å². The van der Waals surface area contributed by atoms with Crippen molar-refractivity contribution in [3.8, 4) is 0 Å². The Morgan fingerprint density at radius 1 is 1.17 bits per heavy atom. The van der Waals surface area contributed by atoms with Crippen molar-refractivity contribution in [1.82, 2.24) is 19.1 Å². The first-order valence-corrected chi connectivity index (χ1v) is 12.3. The number of nitrogens with one attached hydrogen (secondary N) is 1. The molecule has 2 aliphatic rings. The molecule has 7 nitrogen and oxygen atoms in total. The average Bonchev–Trinajstić information content (AvgIpc) is 3.06. The molecule has 0 aliphatic carbocycles. The van der Waals surface area contributed by atoms with E-state index in [2.05, 4.69) is 9.88 Å². The number of nitrogens with zero attached hydrogens (tertiary/aromatic N) is 3. The maximum absolute atomic E-state index is 12.7. The van der Waals surface area contributed by atoms with E-state index in [-0.39, 0.29) is 11.9 Å². The molecule has 2 aromatic rings. The van der Waals surface area contributed by atoms with E-state index in [1.54, 1.807) is 9.21 Å². The van der Waals surface area contributed by atoms with Gasteiger partial charge >= 0.3 is 0 Å². The standard InChI is InChI=1S/C21H30N4O3S/c1-29(27,28)25(12-11-23-9-5-2-6-10-23)18-15-24(16-18)21(26)13-17-14-22-20-8-4-3-7-19(17)20/h3-4,7-8,14,18,22H,2,5-6,9-13,15-16H2,1H3. The van der Waals surface area contributed by atoms with Gasteiger partial charge < -0.3 is 14.8 Å². The number of benzene rings is 1. The molecule has 2 aliphatic heterocycles. The number of likely N-dealkylation sites (tertiary alicyclic amines) is 2. The maximum atomic E-state index is 12.7. The number of amides is 1. The number of aromatic amines is 1. The Morgan fingerprint density at radius 2 is 1.90 bits per heavy atom. The van der Waals surface area contributed by atoms with E-state index in [1.165, 1.54) is 25.5 Å². The summed E-state index contributed by atoms with van der Waals surface area (Å²) in [5.41, 5.74) is 2.01. The molecular formula is C21H30N4O3S. The highest BCUT2D eigenvalue weighted by Crippen LogP contribution is 2.22. The molecule has 2 fully saturated rings. The number of rotatable bonds is 7. The summed E-state index contributed by atoms with van der Waals surface area (Å²) in [5.74, 6) is 0.0514. The number of carbonyl (C=O) groups is 1. The Morgan fingerprint density at radius 3 is 2.62 bits per heavy atom. The Kier molecular flexibility index (Phi) is 5.94. The molecule has 1 N–H and O–H groups in total. The second-order valence-electron chi connectivity index (χ2n) is 8.26. The van der Waals surface area contributed by atoms with Crippen LogP contribution in [0, 0.1) is 0 Å². The first kappa shape index (κ1) is 20.4. The van der Waals surface area contributed by atoms with Gasteiger partial charge in [-0.15, -0.1) is 0 Å². The largest absolute Gasteiger partial charge is 0.361 e. The number of carbonyl (C=O) groups excluding carboxylic acids is 1. The van der Waals surface area contributed by atoms with Gasteiger partial charge in [-0.2, -0.15) is 4.31 Å². The van der Waals surface area contributed by atoms with Crippen molar-refractivity contribution in [2.45, 2.75) is 31.7 Å². The zero-order valence-electron chi connectivity index (χ0n) is 17.0. The number of aromatic nitrogens is 1. The summed E-state index contributed by atoms with van der Waals surface area (Å²) in [4.78, 5) is 20.0. The fourth-order valence-corrected chi connectivity index (χ4v) is 5.52. The first-order valence-electron chi connectivity index (χ1n) is 10.4. The Labute approximate surface area is 172 Å². The number of fused-ring (bicyclic) bond motifs is 1. The highest BCUT2D eigenvalue weighted by molar-refractivity contribution is 7.88. The minimum absolute atomic E-state index is 0.0514. The van der Waals surface area contributed by atoms with E-state index in [4.69, 9.17) is 0 Å². The summed E-state index contributed by atoms with van der Waals surface area (Å²) in [6.45, 7) is 4.35. The van der Waals surface area contributed by atoms with Crippen LogP contribution in [0.15, 0.2) is 30.5 Å². The molecule has 1 aromatic carbocycles. The highest BCUT2D eigenvalue weighted by Gasteiger charge is 2.38. The van der Waals surface area contributed by atoms with Gasteiger partial charge in [0.05, 0.1) is 18.7 Å². The Balaban J connectivity index is 1.33. The second-order valence-corrected chi connectivity index (χ2v) is 10.2. The van der Waals surface area contributed by atoms with Gasteiger partial charge in [0.2, 0.25) is 15.9 Å². The summed E-state index contributed by atoms with van der Waals surface area (Å²) in [5, 5.41) is 1.07. The number of para-hydroxylation sites is 1. The van der Waals surface area contributed by atoms with Crippen LogP contribution in [0.4, 0.5) is 0 Å². The quantitative estimate of drug-likeness (QED) is 0.742. The second kappa shape index (κ2) is 8.45. The molecule has 1 amide bonds. The van der Waals surface area contributed by atoms with Crippen LogP contribution in [0.25, 0.3) is 10.9 Å². The Bertz CT molecular complexity index is 959. The van der Waals surface area contributed by atoms with E-state index < -0.39 is 10.0 Å². The smallest absolute Gasteiger partial charge is 0.227 e. The van der Waals surface area contributed by atoms with Crippen LogP contribution in [-0.2, 0) is 21.2 Å². The number of hydrogen-bond acceptors (Lipinski definition) is 4. The molecule has 3 heterocycles. The van der Waals surface area contributed by atoms with Gasteiger partial charge in [-0.1, -0.05) is 24.6 Å². The van der Waals surface area contributed by atoms with Gasteiger partial charge in [0.25, 0.3) is 0 Å². The molecule has 0 bridgehead atoms. The predicted molar refractivity (Wildman–Crippen MR) is 114 cm³/mol. The van der Waals surface area contributed by atoms with Crippen LogP contribution < -0.4 is 0 Å². The summed E-state index contributed by atoms with van der Waals surface area (Å²) in [6.07, 6.45) is 7.16. The third kappa shape index (κ3) is 4.65. The van der Waals surface area contributed by atoms with Crippen LogP contribution >= 0.6 is 0 Å². The van der Waals surface area contributed by atoms with Crippen LogP contribution in [0.3, 0.4) is 0 Å². The summed E-state index contributed by atoms with van der Waals surface area (Å²) < 4.78 is 26.2. The minimum Gasteiger partial charge on any atom is -0.361 e. The number of hydrogen-bond donors (Lipinski definition) is 1. The number of piperidine rings is 1. The maximum Gasteiger partial charge on any atom is 0.227 e. The van der Waals surface area contributed by atoms with Crippen LogP contribution in [0.1, 0.15) is 24.8 Å². The van der Waals surface area contributed by atoms with Crippen molar-refractivity contribution < 1.29 is 13.2 Å². The van der Waals surface area contributed by atoms with Gasteiger partial charge in [-0.05, 0) is 37.6 Å². The van der Waals surface area contributed by atoms with Crippen LogP contribution in [-0.4, -0.2) is 85.0 Å². The average molecular weight is 419 g/mol. The number of H-pyrrole nitrogens is 1. The summed E-state index contributed by atoms with van der Waals surface area (Å²) in [6, 6.07) is 7.83. The SMILES string of the molecule is CS(=O)(=O)N(CCN1CCCCC1)C1CN(C(=O)Cc2c[nH]c3ccccc23)C1. The lowest BCUT2D eigenvalue weighted by molar-refractivity contribution is -0.136. The predicted octanol–water partition coefficient (Wildman–Crippen LogP) is 1.67. The van der Waals surface area contributed by atoms with Gasteiger partial charge in [-0.25, -0.2) is 8.42 Å². The van der Waals surface area contributed by atoms with Gasteiger partial charge in [0.15, 0.2) is 0 Å². The molecular weight excluding hydrogens is 388 g/mol. The van der Waals surface area contributed by atoms with E-state index in [9.17, 15) is 13.2 Å². The lowest BCUT2D eigenvalue weighted by Crippen LogP contribution is -2.63. The minimum atomic E-state index is -3.29. The molecule has 0 spiro atoms. The normalized spacial score (nSPS) is 19.0. The van der Waals surface area contributed by atoms with Gasteiger partial charge in [0, 0.05) is 43.3 Å². The molecule has 0 unspecified atom stereocenters.